The fraction of sp³-hybridized carbons (Fsp3) is 1.00. The normalized spacial score (nSPS) is 15.0. The Hall–Kier alpha value is 0.700. The molecule has 2 heteroatoms. The zero-order chi connectivity index (χ0) is 18.0. The van der Waals surface area contributed by atoms with Crippen molar-refractivity contribution in [2.75, 3.05) is 11.5 Å². The van der Waals surface area contributed by atoms with Crippen LogP contribution < -0.4 is 0 Å². The molecule has 0 amide bonds. The summed E-state index contributed by atoms with van der Waals surface area (Å²) in [5.41, 5.74) is 1.50. The molecule has 0 aromatic heterocycles. The summed E-state index contributed by atoms with van der Waals surface area (Å²) in [7, 11) is 4.18. The molecule has 0 aliphatic carbocycles. The van der Waals surface area contributed by atoms with E-state index in [1.807, 2.05) is 0 Å². The standard InChI is InChI=1S/C20H42S2/c1-17(2,3)15(18(4,5)6)13-21-22-14-16(19(7,8)9)20(10,11)12/h15-16H,13-14H2,1-12H3. The molecular formula is C20H42S2. The number of rotatable bonds is 5. The average Bonchev–Trinajstić information content (AvgIpc) is 2.14. The third-order valence-electron chi connectivity index (χ3n) is 4.73. The zero-order valence-corrected chi connectivity index (χ0v) is 19.0. The van der Waals surface area contributed by atoms with Crippen molar-refractivity contribution in [3.8, 4) is 0 Å². The fourth-order valence-corrected chi connectivity index (χ4v) is 7.69. The molecule has 0 aliphatic rings. The zero-order valence-electron chi connectivity index (χ0n) is 17.4. The molecule has 0 aliphatic heterocycles. The van der Waals surface area contributed by atoms with Crippen molar-refractivity contribution < 1.29 is 0 Å². The van der Waals surface area contributed by atoms with E-state index >= 15 is 0 Å². The maximum absolute atomic E-state index is 2.39. The van der Waals surface area contributed by atoms with Crippen molar-refractivity contribution >= 4 is 21.6 Å². The Morgan fingerprint density at radius 1 is 0.455 bits per heavy atom. The van der Waals surface area contributed by atoms with Gasteiger partial charge >= 0.3 is 0 Å². The van der Waals surface area contributed by atoms with Crippen molar-refractivity contribution in [1.82, 2.24) is 0 Å². The molecule has 0 nitrogen and oxygen atoms in total. The van der Waals surface area contributed by atoms with Crippen molar-refractivity contribution in [2.24, 2.45) is 33.5 Å². The highest BCUT2D eigenvalue weighted by Crippen LogP contribution is 2.47. The second-order valence-electron chi connectivity index (χ2n) is 11.1. The van der Waals surface area contributed by atoms with Crippen LogP contribution in [-0.4, -0.2) is 11.5 Å². The minimum Gasteiger partial charge on any atom is -0.0938 e. The summed E-state index contributed by atoms with van der Waals surface area (Å²) in [5.74, 6) is 3.97. The van der Waals surface area contributed by atoms with Gasteiger partial charge in [0.15, 0.2) is 0 Å². The summed E-state index contributed by atoms with van der Waals surface area (Å²) in [6, 6.07) is 0. The van der Waals surface area contributed by atoms with E-state index in [2.05, 4.69) is 105 Å². The minimum atomic E-state index is 0.374. The van der Waals surface area contributed by atoms with E-state index in [1.165, 1.54) is 11.5 Å². The predicted molar refractivity (Wildman–Crippen MR) is 110 cm³/mol. The Morgan fingerprint density at radius 3 is 0.773 bits per heavy atom. The van der Waals surface area contributed by atoms with E-state index in [9.17, 15) is 0 Å². The maximum Gasteiger partial charge on any atom is 0.00753 e. The predicted octanol–water partition coefficient (Wildman–Crippen LogP) is 7.78. The van der Waals surface area contributed by atoms with Crippen LogP contribution in [0.2, 0.25) is 0 Å². The third-order valence-corrected chi connectivity index (χ3v) is 7.16. The first kappa shape index (κ1) is 22.7. The molecule has 0 atom stereocenters. The number of hydrogen-bond donors (Lipinski definition) is 0. The van der Waals surface area contributed by atoms with E-state index in [0.717, 1.165) is 11.8 Å². The van der Waals surface area contributed by atoms with Gasteiger partial charge in [0.05, 0.1) is 0 Å². The molecule has 0 bridgehead atoms. The molecular weight excluding hydrogens is 304 g/mol. The van der Waals surface area contributed by atoms with Crippen LogP contribution in [-0.2, 0) is 0 Å². The molecule has 0 heterocycles. The summed E-state index contributed by atoms with van der Waals surface area (Å²) in [5, 5.41) is 0. The summed E-state index contributed by atoms with van der Waals surface area (Å²) in [6.07, 6.45) is 0. The third kappa shape index (κ3) is 7.99. The Balaban J connectivity index is 4.63. The Bertz CT molecular complexity index is 256. The lowest BCUT2D eigenvalue weighted by molar-refractivity contribution is 0.124. The SMILES string of the molecule is CC(C)(C)C(CSSCC(C(C)(C)C)C(C)(C)C)C(C)(C)C. The van der Waals surface area contributed by atoms with Gasteiger partial charge in [-0.05, 0) is 33.5 Å². The van der Waals surface area contributed by atoms with Crippen LogP contribution in [0.1, 0.15) is 83.1 Å². The highest BCUT2D eigenvalue weighted by Gasteiger charge is 2.36. The van der Waals surface area contributed by atoms with Crippen LogP contribution in [0.3, 0.4) is 0 Å². The first-order valence-corrected chi connectivity index (χ1v) is 11.2. The van der Waals surface area contributed by atoms with Gasteiger partial charge in [0.2, 0.25) is 0 Å². The second-order valence-corrected chi connectivity index (χ2v) is 13.7. The molecule has 0 saturated carbocycles. The van der Waals surface area contributed by atoms with Crippen molar-refractivity contribution in [2.45, 2.75) is 83.1 Å². The van der Waals surface area contributed by atoms with Crippen molar-refractivity contribution in [3.05, 3.63) is 0 Å². The summed E-state index contributed by atoms with van der Waals surface area (Å²) < 4.78 is 0. The van der Waals surface area contributed by atoms with Gasteiger partial charge in [0, 0.05) is 11.5 Å². The van der Waals surface area contributed by atoms with Gasteiger partial charge in [0.25, 0.3) is 0 Å². The van der Waals surface area contributed by atoms with E-state index in [4.69, 9.17) is 0 Å². The Kier molecular flexibility index (Phi) is 7.97. The minimum absolute atomic E-state index is 0.374. The smallest absolute Gasteiger partial charge is 0.00753 e. The monoisotopic (exact) mass is 346 g/mol. The molecule has 134 valence electrons. The molecule has 0 N–H and O–H groups in total. The van der Waals surface area contributed by atoms with Crippen LogP contribution in [0.15, 0.2) is 0 Å². The molecule has 0 fully saturated rings. The summed E-state index contributed by atoms with van der Waals surface area (Å²) >= 11 is 0. The van der Waals surface area contributed by atoms with Crippen LogP contribution in [0, 0.1) is 33.5 Å². The molecule has 22 heavy (non-hydrogen) atoms. The van der Waals surface area contributed by atoms with Crippen LogP contribution in [0.5, 0.6) is 0 Å². The maximum atomic E-state index is 2.39. The Labute approximate surface area is 149 Å². The summed E-state index contributed by atoms with van der Waals surface area (Å²) in [6.45, 7) is 28.7. The fourth-order valence-electron chi connectivity index (χ4n) is 3.83. The average molecular weight is 347 g/mol. The van der Waals surface area contributed by atoms with Gasteiger partial charge in [-0.1, -0.05) is 105 Å². The molecule has 0 aromatic rings. The summed E-state index contributed by atoms with van der Waals surface area (Å²) in [4.78, 5) is 0. The van der Waals surface area contributed by atoms with Crippen LogP contribution >= 0.6 is 21.6 Å². The Morgan fingerprint density at radius 2 is 0.636 bits per heavy atom. The van der Waals surface area contributed by atoms with E-state index in [0.29, 0.717) is 21.7 Å². The second kappa shape index (κ2) is 7.72. The largest absolute Gasteiger partial charge is 0.0938 e. The van der Waals surface area contributed by atoms with E-state index < -0.39 is 0 Å². The van der Waals surface area contributed by atoms with E-state index in [-0.39, 0.29) is 0 Å². The first-order chi connectivity index (χ1) is 9.47. The lowest BCUT2D eigenvalue weighted by Gasteiger charge is -2.42. The van der Waals surface area contributed by atoms with Crippen molar-refractivity contribution in [3.63, 3.8) is 0 Å². The lowest BCUT2D eigenvalue weighted by Crippen LogP contribution is -2.35. The van der Waals surface area contributed by atoms with Crippen LogP contribution in [0.4, 0.5) is 0 Å². The van der Waals surface area contributed by atoms with Gasteiger partial charge in [-0.25, -0.2) is 0 Å². The lowest BCUT2D eigenvalue weighted by atomic mass is 9.68. The molecule has 0 radical (unpaired) electrons. The van der Waals surface area contributed by atoms with E-state index in [1.54, 1.807) is 0 Å². The highest BCUT2D eigenvalue weighted by atomic mass is 33.1. The molecule has 0 saturated heterocycles. The van der Waals surface area contributed by atoms with Gasteiger partial charge in [0.1, 0.15) is 0 Å². The van der Waals surface area contributed by atoms with Gasteiger partial charge in [-0.15, -0.1) is 0 Å². The van der Waals surface area contributed by atoms with Crippen molar-refractivity contribution in [1.29, 1.82) is 0 Å². The van der Waals surface area contributed by atoms with Crippen LogP contribution in [0.25, 0.3) is 0 Å². The van der Waals surface area contributed by atoms with Gasteiger partial charge in [-0.2, -0.15) is 0 Å². The van der Waals surface area contributed by atoms with Gasteiger partial charge in [-0.3, -0.25) is 0 Å². The molecule has 0 unspecified atom stereocenters. The first-order valence-electron chi connectivity index (χ1n) is 8.72. The molecule has 0 spiro atoms. The van der Waals surface area contributed by atoms with Gasteiger partial charge < -0.3 is 0 Å². The highest BCUT2D eigenvalue weighted by molar-refractivity contribution is 8.76. The number of hydrogen-bond acceptors (Lipinski definition) is 2. The quantitative estimate of drug-likeness (QED) is 0.368. The topological polar surface area (TPSA) is 0 Å². The molecule has 0 aromatic carbocycles. The molecule has 0 rings (SSSR count).